The highest BCUT2D eigenvalue weighted by Gasteiger charge is 1.99. The number of imidazole rings is 1. The highest BCUT2D eigenvalue weighted by molar-refractivity contribution is 7.71. The molecule has 16 heavy (non-hydrogen) atoms. The predicted molar refractivity (Wildman–Crippen MR) is 59.7 cm³/mol. The first kappa shape index (κ1) is 12.7. The third-order valence-electron chi connectivity index (χ3n) is 1.31. The zero-order chi connectivity index (χ0) is 12.3. The number of hydrogen-bond donors (Lipinski definition) is 6. The number of nitrogen functional groups attached to an aromatic ring is 1. The van der Waals surface area contributed by atoms with Crippen molar-refractivity contribution in [2.24, 2.45) is 5.50 Å². The van der Waals surface area contributed by atoms with E-state index < -0.39 is 7.75 Å². The quantitative estimate of drug-likeness (QED) is 0.277. The maximum atomic E-state index is 9.10. The Hall–Kier alpha value is -1.32. The maximum absolute atomic E-state index is 9.10. The van der Waals surface area contributed by atoms with Gasteiger partial charge in [0.25, 0.3) is 0 Å². The second-order valence-electron chi connectivity index (χ2n) is 2.64. The zero-order valence-electron chi connectivity index (χ0n) is 7.78. The van der Waals surface area contributed by atoms with E-state index in [1.54, 1.807) is 0 Å². The van der Waals surface area contributed by atoms with Crippen molar-refractivity contribution in [1.29, 1.82) is 0 Å². The highest BCUT2D eigenvalue weighted by Crippen LogP contribution is 2.20. The van der Waals surface area contributed by atoms with Gasteiger partial charge in [-0.25, -0.2) is 15.1 Å². The molecule has 0 fully saturated rings. The molecule has 0 saturated carbocycles. The van der Waals surface area contributed by atoms with Crippen molar-refractivity contribution in [1.82, 2.24) is 19.9 Å². The van der Waals surface area contributed by atoms with E-state index in [9.17, 15) is 0 Å². The number of aromatic nitrogens is 4. The number of nitrogens with zero attached hydrogens (tertiary/aromatic N) is 2. The minimum Gasteiger partial charge on any atom is -0.369 e. The summed E-state index contributed by atoms with van der Waals surface area (Å²) < 4.78 is 9.64. The smallest absolute Gasteiger partial charge is 0.369 e. The normalized spacial score (nSPS) is 10.9. The molecule has 0 unspecified atom stereocenters. The molecule has 0 aliphatic heterocycles. The van der Waals surface area contributed by atoms with Crippen molar-refractivity contribution in [2.75, 3.05) is 5.73 Å². The number of fused-ring (bicyclic) bond motifs is 1. The standard InChI is InChI=1S/C5H5N5S.H4NO3P/c6-5-9-3-2(4(11)10-5)7-1-8-3;1-5(2,3)4/h1H,(H4,6,7,8,9,10,11);(H4,1,2,3,4). The lowest BCUT2D eigenvalue weighted by Crippen LogP contribution is -1.94. The summed E-state index contributed by atoms with van der Waals surface area (Å²) in [6.07, 6.45) is 1.53. The van der Waals surface area contributed by atoms with Crippen LogP contribution in [0.25, 0.3) is 11.2 Å². The second kappa shape index (κ2) is 4.68. The fourth-order valence-corrected chi connectivity index (χ4v) is 1.11. The molecule has 2 heterocycles. The number of nitrogens with two attached hydrogens (primary N) is 2. The van der Waals surface area contributed by atoms with E-state index in [1.807, 2.05) is 0 Å². The Balaban J connectivity index is 0.000000221. The number of H-pyrrole nitrogens is 2. The summed E-state index contributed by atoms with van der Waals surface area (Å²) in [7, 11) is -4.14. The molecular weight excluding hydrogens is 255 g/mol. The minimum atomic E-state index is -4.14. The molecule has 0 saturated heterocycles. The van der Waals surface area contributed by atoms with Crippen LogP contribution in [0, 0.1) is 4.64 Å². The van der Waals surface area contributed by atoms with E-state index in [4.69, 9.17) is 32.3 Å². The Bertz CT molecular complexity index is 579. The van der Waals surface area contributed by atoms with Crippen LogP contribution < -0.4 is 11.2 Å². The number of anilines is 1. The van der Waals surface area contributed by atoms with Crippen LogP contribution in [0.15, 0.2) is 6.33 Å². The van der Waals surface area contributed by atoms with Gasteiger partial charge in [0, 0.05) is 0 Å². The molecule has 0 aromatic carbocycles. The fraction of sp³-hybridized carbons (Fsp3) is 0. The van der Waals surface area contributed by atoms with Crippen molar-refractivity contribution in [2.45, 2.75) is 0 Å². The zero-order valence-corrected chi connectivity index (χ0v) is 9.50. The van der Waals surface area contributed by atoms with Crippen LogP contribution in [-0.2, 0) is 4.57 Å². The molecule has 0 amide bonds. The summed E-state index contributed by atoms with van der Waals surface area (Å²) in [5, 5.41) is 0. The summed E-state index contributed by atoms with van der Waals surface area (Å²) in [5.41, 5.74) is 10.7. The number of rotatable bonds is 0. The van der Waals surface area contributed by atoms with Crippen LogP contribution in [0.2, 0.25) is 0 Å². The SMILES string of the molecule is NP(=O)(O)O.Nc1nc2nc[nH]c2c(=S)[nH]1. The molecule has 2 aromatic heterocycles. The van der Waals surface area contributed by atoms with Crippen LogP contribution in [0.1, 0.15) is 0 Å². The molecule has 0 atom stereocenters. The fourth-order valence-electron chi connectivity index (χ4n) is 0.860. The Labute approximate surface area is 94.1 Å². The van der Waals surface area contributed by atoms with Gasteiger partial charge in [-0.1, -0.05) is 12.2 Å². The molecule has 2 rings (SSSR count). The Morgan fingerprint density at radius 2 is 2.06 bits per heavy atom. The Kier molecular flexibility index (Phi) is 3.73. The van der Waals surface area contributed by atoms with Gasteiger partial charge in [0.05, 0.1) is 6.33 Å². The van der Waals surface area contributed by atoms with Crippen LogP contribution in [0.4, 0.5) is 5.95 Å². The van der Waals surface area contributed by atoms with Crippen molar-refractivity contribution in [3.05, 3.63) is 11.0 Å². The second-order valence-corrected chi connectivity index (χ2v) is 4.23. The lowest BCUT2D eigenvalue weighted by atomic mass is 10.6. The van der Waals surface area contributed by atoms with Gasteiger partial charge in [-0.05, 0) is 0 Å². The first-order valence-corrected chi connectivity index (χ1v) is 5.89. The van der Waals surface area contributed by atoms with E-state index >= 15 is 0 Å². The lowest BCUT2D eigenvalue weighted by molar-refractivity contribution is 0.374. The van der Waals surface area contributed by atoms with Crippen LogP contribution >= 0.6 is 20.0 Å². The van der Waals surface area contributed by atoms with E-state index in [2.05, 4.69) is 25.4 Å². The van der Waals surface area contributed by atoms with Crippen molar-refractivity contribution in [3.63, 3.8) is 0 Å². The van der Waals surface area contributed by atoms with Gasteiger partial charge in [-0.15, -0.1) is 0 Å². The molecule has 8 N–H and O–H groups in total. The third kappa shape index (κ3) is 4.04. The summed E-state index contributed by atoms with van der Waals surface area (Å²) in [6.45, 7) is 0. The van der Waals surface area contributed by atoms with Gasteiger partial charge in [-0.2, -0.15) is 4.98 Å². The molecule has 0 aliphatic carbocycles. The maximum Gasteiger partial charge on any atom is 0.397 e. The van der Waals surface area contributed by atoms with Crippen LogP contribution in [-0.4, -0.2) is 29.7 Å². The lowest BCUT2D eigenvalue weighted by Gasteiger charge is -1.91. The minimum absolute atomic E-state index is 0.287. The average molecular weight is 264 g/mol. The van der Waals surface area contributed by atoms with Crippen molar-refractivity contribution >= 4 is 37.1 Å². The van der Waals surface area contributed by atoms with E-state index in [0.717, 1.165) is 0 Å². The first-order chi connectivity index (χ1) is 7.27. The molecule has 0 radical (unpaired) electrons. The summed E-state index contributed by atoms with van der Waals surface area (Å²) in [4.78, 5) is 28.2. The molecule has 0 aliphatic rings. The molecule has 88 valence electrons. The molecule has 9 nitrogen and oxygen atoms in total. The predicted octanol–water partition coefficient (Wildman–Crippen LogP) is -0.365. The van der Waals surface area contributed by atoms with Gasteiger partial charge < -0.3 is 25.5 Å². The third-order valence-corrected chi connectivity index (χ3v) is 1.62. The largest absolute Gasteiger partial charge is 0.397 e. The van der Waals surface area contributed by atoms with Gasteiger partial charge in [0.2, 0.25) is 5.95 Å². The molecule has 2 aromatic rings. The Morgan fingerprint density at radius 3 is 2.62 bits per heavy atom. The van der Waals surface area contributed by atoms with Gasteiger partial charge in [-0.3, -0.25) is 0 Å². The van der Waals surface area contributed by atoms with Crippen molar-refractivity contribution < 1.29 is 14.4 Å². The topological polar surface area (TPSA) is 167 Å². The van der Waals surface area contributed by atoms with E-state index in [-0.39, 0.29) is 5.95 Å². The van der Waals surface area contributed by atoms with E-state index in [0.29, 0.717) is 15.8 Å². The number of nitrogens with one attached hydrogen (secondary N) is 2. The van der Waals surface area contributed by atoms with Gasteiger partial charge >= 0.3 is 7.75 Å². The highest BCUT2D eigenvalue weighted by atomic mass is 32.1. The molecule has 0 spiro atoms. The number of hydrogen-bond acceptors (Lipinski definition) is 5. The number of aromatic amines is 2. The molecule has 11 heteroatoms. The summed E-state index contributed by atoms with van der Waals surface area (Å²) >= 11 is 4.95. The van der Waals surface area contributed by atoms with Crippen molar-refractivity contribution in [3.8, 4) is 0 Å². The molecule has 0 bridgehead atoms. The van der Waals surface area contributed by atoms with Gasteiger partial charge in [0.1, 0.15) is 10.2 Å². The van der Waals surface area contributed by atoms with Crippen LogP contribution in [0.3, 0.4) is 0 Å². The van der Waals surface area contributed by atoms with E-state index in [1.165, 1.54) is 6.33 Å². The molecular formula is C5H9N6O3PS. The first-order valence-electron chi connectivity index (χ1n) is 3.80. The monoisotopic (exact) mass is 264 g/mol. The van der Waals surface area contributed by atoms with Gasteiger partial charge in [0.15, 0.2) is 5.65 Å². The summed E-state index contributed by atoms with van der Waals surface area (Å²) in [6, 6.07) is 0. The summed E-state index contributed by atoms with van der Waals surface area (Å²) in [5.74, 6) is 0.287. The average Bonchev–Trinajstić information content (AvgIpc) is 2.47. The van der Waals surface area contributed by atoms with Crippen LogP contribution in [0.5, 0.6) is 0 Å². The Morgan fingerprint density at radius 1 is 1.50 bits per heavy atom.